The van der Waals surface area contributed by atoms with Crippen LogP contribution in [0.15, 0.2) is 0 Å². The molecule has 1 heterocycles. The van der Waals surface area contributed by atoms with Gasteiger partial charge in [-0.15, -0.1) is 0 Å². The predicted octanol–water partition coefficient (Wildman–Crippen LogP) is 0.318. The van der Waals surface area contributed by atoms with Gasteiger partial charge in [0.15, 0.2) is 0 Å². The van der Waals surface area contributed by atoms with Crippen LogP contribution in [0.1, 0.15) is 19.8 Å². The smallest absolute Gasteiger partial charge is 0.328 e. The Morgan fingerprint density at radius 3 is 3.08 bits per heavy atom. The van der Waals surface area contributed by atoms with Crippen molar-refractivity contribution in [3.05, 3.63) is 0 Å². The highest BCUT2D eigenvalue weighted by molar-refractivity contribution is 5.81. The first kappa shape index (κ1) is 10.5. The molecule has 0 bridgehead atoms. The molecule has 4 heteroatoms. The zero-order valence-electron chi connectivity index (χ0n) is 8.26. The Hall–Kier alpha value is -0.610. The van der Waals surface area contributed by atoms with Crippen molar-refractivity contribution >= 4 is 5.97 Å². The molecular formula is C9H17NO3. The average Bonchev–Trinajstić information content (AvgIpc) is 2.42. The molecule has 0 spiro atoms. The summed E-state index contributed by atoms with van der Waals surface area (Å²) in [6, 6.07) is 0. The summed E-state index contributed by atoms with van der Waals surface area (Å²) < 4.78 is 10.1. The van der Waals surface area contributed by atoms with E-state index < -0.39 is 5.54 Å². The van der Waals surface area contributed by atoms with E-state index in [2.05, 4.69) is 5.32 Å². The normalized spacial score (nSPS) is 29.4. The summed E-state index contributed by atoms with van der Waals surface area (Å²) in [6.07, 6.45) is 1.64. The third-order valence-electron chi connectivity index (χ3n) is 2.46. The molecule has 0 amide bonds. The summed E-state index contributed by atoms with van der Waals surface area (Å²) in [5.41, 5.74) is -0.620. The lowest BCUT2D eigenvalue weighted by Gasteiger charge is -2.28. The van der Waals surface area contributed by atoms with Crippen LogP contribution in [-0.2, 0) is 14.3 Å². The van der Waals surface area contributed by atoms with Crippen LogP contribution in [0.4, 0.5) is 0 Å². The van der Waals surface area contributed by atoms with Gasteiger partial charge < -0.3 is 9.47 Å². The van der Waals surface area contributed by atoms with Gasteiger partial charge in [0.1, 0.15) is 5.54 Å². The van der Waals surface area contributed by atoms with Gasteiger partial charge in [-0.2, -0.15) is 0 Å². The Morgan fingerprint density at radius 1 is 1.69 bits per heavy atom. The van der Waals surface area contributed by atoms with Crippen LogP contribution in [0.25, 0.3) is 0 Å². The molecule has 1 fully saturated rings. The summed E-state index contributed by atoms with van der Waals surface area (Å²) in [5, 5.41) is 3.20. The molecule has 1 aliphatic heterocycles. The minimum absolute atomic E-state index is 0.225. The highest BCUT2D eigenvalue weighted by Gasteiger charge is 2.38. The number of hydrogen-bond acceptors (Lipinski definition) is 4. The summed E-state index contributed by atoms with van der Waals surface area (Å²) in [6.45, 7) is 3.89. The molecule has 1 atom stereocenters. The lowest BCUT2D eigenvalue weighted by atomic mass is 9.97. The topological polar surface area (TPSA) is 47.6 Å². The van der Waals surface area contributed by atoms with Gasteiger partial charge in [-0.05, 0) is 19.4 Å². The Balaban J connectivity index is 2.70. The summed E-state index contributed by atoms with van der Waals surface area (Å²) >= 11 is 0. The van der Waals surface area contributed by atoms with Crippen LogP contribution in [0.3, 0.4) is 0 Å². The second-order valence-electron chi connectivity index (χ2n) is 3.26. The van der Waals surface area contributed by atoms with Gasteiger partial charge >= 0.3 is 5.97 Å². The van der Waals surface area contributed by atoms with Crippen LogP contribution >= 0.6 is 0 Å². The van der Waals surface area contributed by atoms with E-state index in [9.17, 15) is 4.79 Å². The van der Waals surface area contributed by atoms with Crippen molar-refractivity contribution in [2.24, 2.45) is 0 Å². The molecule has 0 aromatic rings. The number of ether oxygens (including phenoxy) is 2. The number of carbonyl (C=O) groups is 1. The number of esters is 1. The summed E-state index contributed by atoms with van der Waals surface area (Å²) in [7, 11) is 1.41. The van der Waals surface area contributed by atoms with E-state index in [1.165, 1.54) is 7.11 Å². The van der Waals surface area contributed by atoms with E-state index >= 15 is 0 Å². The van der Waals surface area contributed by atoms with Crippen molar-refractivity contribution < 1.29 is 14.3 Å². The van der Waals surface area contributed by atoms with E-state index in [1.54, 1.807) is 0 Å². The Bertz CT molecular complexity index is 174. The van der Waals surface area contributed by atoms with Crippen LogP contribution in [0.2, 0.25) is 0 Å². The number of methoxy groups -OCH3 is 1. The first-order valence-corrected chi connectivity index (χ1v) is 4.66. The zero-order valence-corrected chi connectivity index (χ0v) is 8.26. The third-order valence-corrected chi connectivity index (χ3v) is 2.46. The summed E-state index contributed by atoms with van der Waals surface area (Å²) in [4.78, 5) is 11.5. The maximum absolute atomic E-state index is 11.5. The average molecular weight is 187 g/mol. The molecule has 1 rings (SSSR count). The Morgan fingerprint density at radius 2 is 2.46 bits per heavy atom. The lowest BCUT2D eigenvalue weighted by Crippen LogP contribution is -2.54. The van der Waals surface area contributed by atoms with Crippen molar-refractivity contribution in [3.63, 3.8) is 0 Å². The largest absolute Gasteiger partial charge is 0.468 e. The fourth-order valence-electron chi connectivity index (χ4n) is 1.50. The molecule has 1 aliphatic rings. The maximum Gasteiger partial charge on any atom is 0.328 e. The monoisotopic (exact) mass is 187 g/mol. The fraction of sp³-hybridized carbons (Fsp3) is 0.889. The zero-order chi connectivity index (χ0) is 9.73. The van der Waals surface area contributed by atoms with Crippen LogP contribution in [0, 0.1) is 0 Å². The molecule has 0 radical (unpaired) electrons. The van der Waals surface area contributed by atoms with E-state index in [-0.39, 0.29) is 5.97 Å². The van der Waals surface area contributed by atoms with Gasteiger partial charge in [-0.3, -0.25) is 5.32 Å². The molecule has 4 nitrogen and oxygen atoms in total. The first-order chi connectivity index (χ1) is 6.25. The standard InChI is InChI=1S/C9H17NO3/c1-3-9(8(11)12-2)7-13-6-4-5-10-9/h10H,3-7H2,1-2H3. The number of carbonyl (C=O) groups excluding carboxylic acids is 1. The quantitative estimate of drug-likeness (QED) is 0.632. The number of rotatable bonds is 2. The van der Waals surface area contributed by atoms with Crippen LogP contribution in [-0.4, -0.2) is 38.4 Å². The van der Waals surface area contributed by atoms with Crippen molar-refractivity contribution in [3.8, 4) is 0 Å². The molecule has 1 N–H and O–H groups in total. The second kappa shape index (κ2) is 4.58. The molecule has 0 saturated carbocycles. The number of nitrogens with one attached hydrogen (secondary N) is 1. The molecule has 1 unspecified atom stereocenters. The molecule has 13 heavy (non-hydrogen) atoms. The minimum atomic E-state index is -0.620. The van der Waals surface area contributed by atoms with Gasteiger partial charge in [-0.1, -0.05) is 6.92 Å². The molecule has 0 aromatic heterocycles. The Labute approximate surface area is 78.6 Å². The van der Waals surface area contributed by atoms with E-state index in [4.69, 9.17) is 9.47 Å². The maximum atomic E-state index is 11.5. The second-order valence-corrected chi connectivity index (χ2v) is 3.26. The van der Waals surface area contributed by atoms with Gasteiger partial charge in [0, 0.05) is 6.61 Å². The molecule has 0 aliphatic carbocycles. The van der Waals surface area contributed by atoms with E-state index in [0.29, 0.717) is 19.6 Å². The third kappa shape index (κ3) is 2.19. The fourth-order valence-corrected chi connectivity index (χ4v) is 1.50. The molecular weight excluding hydrogens is 170 g/mol. The van der Waals surface area contributed by atoms with Gasteiger partial charge in [-0.25, -0.2) is 4.79 Å². The van der Waals surface area contributed by atoms with Gasteiger partial charge in [0.25, 0.3) is 0 Å². The highest BCUT2D eigenvalue weighted by Crippen LogP contribution is 2.15. The van der Waals surface area contributed by atoms with E-state index in [1.807, 2.05) is 6.92 Å². The molecule has 76 valence electrons. The van der Waals surface area contributed by atoms with Crippen LogP contribution < -0.4 is 5.32 Å². The van der Waals surface area contributed by atoms with Crippen molar-refractivity contribution in [2.75, 3.05) is 26.9 Å². The predicted molar refractivity (Wildman–Crippen MR) is 48.5 cm³/mol. The van der Waals surface area contributed by atoms with Crippen molar-refractivity contribution in [1.82, 2.24) is 5.32 Å². The first-order valence-electron chi connectivity index (χ1n) is 4.66. The van der Waals surface area contributed by atoms with Crippen molar-refractivity contribution in [2.45, 2.75) is 25.3 Å². The Kier molecular flexibility index (Phi) is 3.69. The number of hydrogen-bond donors (Lipinski definition) is 1. The summed E-state index contributed by atoms with van der Waals surface area (Å²) in [5.74, 6) is -0.225. The van der Waals surface area contributed by atoms with Crippen molar-refractivity contribution in [1.29, 1.82) is 0 Å². The SMILES string of the molecule is CCC1(C(=O)OC)COCCCN1. The van der Waals surface area contributed by atoms with Crippen LogP contribution in [0.5, 0.6) is 0 Å². The van der Waals surface area contributed by atoms with Gasteiger partial charge in [0.05, 0.1) is 13.7 Å². The lowest BCUT2D eigenvalue weighted by molar-refractivity contribution is -0.151. The minimum Gasteiger partial charge on any atom is -0.468 e. The highest BCUT2D eigenvalue weighted by atomic mass is 16.5. The van der Waals surface area contributed by atoms with Gasteiger partial charge in [0.2, 0.25) is 0 Å². The molecule has 0 aromatic carbocycles. The van der Waals surface area contributed by atoms with E-state index in [0.717, 1.165) is 13.0 Å². The molecule has 1 saturated heterocycles.